The number of hydrogen-bond donors (Lipinski definition) is 1. The molecule has 2 heterocycles. The van der Waals surface area contributed by atoms with E-state index in [0.29, 0.717) is 18.4 Å². The minimum Gasteiger partial charge on any atom is -0.340 e. The zero-order chi connectivity index (χ0) is 17.5. The van der Waals surface area contributed by atoms with Crippen LogP contribution in [0.25, 0.3) is 0 Å². The molecule has 1 aromatic carbocycles. The molecule has 0 radical (unpaired) electrons. The van der Waals surface area contributed by atoms with Crippen LogP contribution in [0.5, 0.6) is 0 Å². The second-order valence-electron chi connectivity index (χ2n) is 7.44. The zero-order valence-electron chi connectivity index (χ0n) is 16.3. The molecular formula is C20H34Cl2N4O. The number of nitrogens with one attached hydrogen (secondary N) is 1. The van der Waals surface area contributed by atoms with E-state index in [0.717, 1.165) is 58.8 Å². The van der Waals surface area contributed by atoms with E-state index >= 15 is 0 Å². The third-order valence-corrected chi connectivity index (χ3v) is 5.40. The molecule has 2 fully saturated rings. The predicted molar refractivity (Wildman–Crippen MR) is 116 cm³/mol. The Labute approximate surface area is 176 Å². The molecular weight excluding hydrogens is 383 g/mol. The lowest BCUT2D eigenvalue weighted by molar-refractivity contribution is -0.133. The Hall–Kier alpha value is -0.850. The topological polar surface area (TPSA) is 38.8 Å². The van der Waals surface area contributed by atoms with Gasteiger partial charge in [-0.3, -0.25) is 9.69 Å². The fourth-order valence-electron chi connectivity index (χ4n) is 3.78. The van der Waals surface area contributed by atoms with Gasteiger partial charge < -0.3 is 15.1 Å². The minimum atomic E-state index is 0. The monoisotopic (exact) mass is 416 g/mol. The summed E-state index contributed by atoms with van der Waals surface area (Å²) in [5.74, 6) is 0.334. The molecule has 0 aromatic heterocycles. The van der Waals surface area contributed by atoms with Crippen LogP contribution in [-0.4, -0.2) is 79.5 Å². The Bertz CT molecular complexity index is 532. The van der Waals surface area contributed by atoms with Gasteiger partial charge in [-0.05, 0) is 32.0 Å². The maximum absolute atomic E-state index is 12.4. The molecule has 1 N–H and O–H groups in total. The van der Waals surface area contributed by atoms with E-state index in [4.69, 9.17) is 0 Å². The van der Waals surface area contributed by atoms with Crippen LogP contribution in [-0.2, 0) is 11.3 Å². The van der Waals surface area contributed by atoms with Gasteiger partial charge in [0, 0.05) is 58.3 Å². The molecule has 0 spiro atoms. The van der Waals surface area contributed by atoms with Crippen molar-refractivity contribution in [3.8, 4) is 0 Å². The fourth-order valence-corrected chi connectivity index (χ4v) is 3.78. The smallest absolute Gasteiger partial charge is 0.224 e. The molecule has 154 valence electrons. The van der Waals surface area contributed by atoms with Crippen molar-refractivity contribution in [2.24, 2.45) is 0 Å². The Morgan fingerprint density at radius 2 is 1.85 bits per heavy atom. The number of halogens is 2. The van der Waals surface area contributed by atoms with E-state index in [1.165, 1.54) is 12.0 Å². The first kappa shape index (κ1) is 24.2. The van der Waals surface area contributed by atoms with Crippen LogP contribution < -0.4 is 5.32 Å². The van der Waals surface area contributed by atoms with Crippen LogP contribution in [0.1, 0.15) is 24.8 Å². The standard InChI is InChI=1S/C20H32N4O.2ClH/c1-22(17-18-6-3-2-4-7-18)10-11-23-12-14-24(15-13-23)20(25)16-19-8-5-9-21-19;;/h2-4,6-7,19,21H,5,8-17H2,1H3;2*1H. The van der Waals surface area contributed by atoms with Gasteiger partial charge in [-0.15, -0.1) is 24.8 Å². The molecule has 1 aromatic rings. The summed E-state index contributed by atoms with van der Waals surface area (Å²) in [6, 6.07) is 11.0. The number of hydrogen-bond acceptors (Lipinski definition) is 4. The van der Waals surface area contributed by atoms with E-state index < -0.39 is 0 Å². The summed E-state index contributed by atoms with van der Waals surface area (Å²) in [6.45, 7) is 7.98. The largest absolute Gasteiger partial charge is 0.340 e. The molecule has 1 amide bonds. The summed E-state index contributed by atoms with van der Waals surface area (Å²) >= 11 is 0. The van der Waals surface area contributed by atoms with Gasteiger partial charge in [0.25, 0.3) is 0 Å². The highest BCUT2D eigenvalue weighted by atomic mass is 35.5. The molecule has 2 aliphatic heterocycles. The van der Waals surface area contributed by atoms with E-state index in [2.05, 4.69) is 57.4 Å². The summed E-state index contributed by atoms with van der Waals surface area (Å²) in [7, 11) is 2.18. The van der Waals surface area contributed by atoms with Crippen molar-refractivity contribution >= 4 is 30.7 Å². The molecule has 0 saturated carbocycles. The third-order valence-electron chi connectivity index (χ3n) is 5.40. The number of carbonyl (C=O) groups is 1. The Kier molecular flexibility index (Phi) is 11.3. The molecule has 3 rings (SSSR count). The number of carbonyl (C=O) groups excluding carboxylic acids is 1. The first-order chi connectivity index (χ1) is 12.2. The zero-order valence-corrected chi connectivity index (χ0v) is 17.9. The lowest BCUT2D eigenvalue weighted by Gasteiger charge is -2.36. The van der Waals surface area contributed by atoms with Crippen molar-refractivity contribution in [2.45, 2.75) is 31.8 Å². The highest BCUT2D eigenvalue weighted by molar-refractivity contribution is 5.85. The SMILES string of the molecule is CN(CCN1CCN(C(=O)CC2CCCN2)CC1)Cc1ccccc1.Cl.Cl. The second kappa shape index (κ2) is 12.6. The molecule has 27 heavy (non-hydrogen) atoms. The molecule has 2 saturated heterocycles. The van der Waals surface area contributed by atoms with Crippen molar-refractivity contribution in [3.05, 3.63) is 35.9 Å². The summed E-state index contributed by atoms with van der Waals surface area (Å²) in [5.41, 5.74) is 1.36. The predicted octanol–water partition coefficient (Wildman–Crippen LogP) is 2.25. The molecule has 0 aliphatic carbocycles. The van der Waals surface area contributed by atoms with Crippen LogP contribution in [0.4, 0.5) is 0 Å². The molecule has 1 unspecified atom stereocenters. The van der Waals surface area contributed by atoms with Gasteiger partial charge in [0.1, 0.15) is 0 Å². The molecule has 1 atom stereocenters. The molecule has 7 heteroatoms. The van der Waals surface area contributed by atoms with Crippen LogP contribution in [0.15, 0.2) is 30.3 Å². The third kappa shape index (κ3) is 7.96. The van der Waals surface area contributed by atoms with Crippen molar-refractivity contribution < 1.29 is 4.79 Å². The van der Waals surface area contributed by atoms with Crippen LogP contribution in [0.2, 0.25) is 0 Å². The Morgan fingerprint density at radius 3 is 2.48 bits per heavy atom. The van der Waals surface area contributed by atoms with Gasteiger partial charge in [0.05, 0.1) is 0 Å². The molecule has 5 nitrogen and oxygen atoms in total. The normalized spacial score (nSPS) is 20.2. The summed E-state index contributed by atoms with van der Waals surface area (Å²) in [5, 5.41) is 3.42. The first-order valence-electron chi connectivity index (χ1n) is 9.67. The van der Waals surface area contributed by atoms with E-state index in [-0.39, 0.29) is 24.8 Å². The van der Waals surface area contributed by atoms with Crippen LogP contribution in [0, 0.1) is 0 Å². The first-order valence-corrected chi connectivity index (χ1v) is 9.67. The molecule has 2 aliphatic rings. The second-order valence-corrected chi connectivity index (χ2v) is 7.44. The van der Waals surface area contributed by atoms with Gasteiger partial charge in [0.15, 0.2) is 0 Å². The number of likely N-dealkylation sites (N-methyl/N-ethyl adjacent to an activating group) is 1. The van der Waals surface area contributed by atoms with Gasteiger partial charge in [-0.25, -0.2) is 0 Å². The quantitative estimate of drug-likeness (QED) is 0.739. The van der Waals surface area contributed by atoms with E-state index in [1.54, 1.807) is 0 Å². The van der Waals surface area contributed by atoms with Gasteiger partial charge in [-0.1, -0.05) is 30.3 Å². The number of piperazine rings is 1. The minimum absolute atomic E-state index is 0. The summed E-state index contributed by atoms with van der Waals surface area (Å²) in [4.78, 5) is 19.3. The summed E-state index contributed by atoms with van der Waals surface area (Å²) in [6.07, 6.45) is 3.04. The van der Waals surface area contributed by atoms with E-state index in [1.807, 2.05) is 0 Å². The average Bonchev–Trinajstić information content (AvgIpc) is 3.14. The van der Waals surface area contributed by atoms with Crippen molar-refractivity contribution in [3.63, 3.8) is 0 Å². The van der Waals surface area contributed by atoms with E-state index in [9.17, 15) is 4.79 Å². The van der Waals surface area contributed by atoms with Gasteiger partial charge in [-0.2, -0.15) is 0 Å². The lowest BCUT2D eigenvalue weighted by Crippen LogP contribution is -2.50. The Balaban J connectivity index is 0.00000182. The number of rotatable bonds is 7. The number of amides is 1. The fraction of sp³-hybridized carbons (Fsp3) is 0.650. The highest BCUT2D eigenvalue weighted by Crippen LogP contribution is 2.12. The number of benzene rings is 1. The maximum atomic E-state index is 12.4. The average molecular weight is 417 g/mol. The Morgan fingerprint density at radius 1 is 1.15 bits per heavy atom. The van der Waals surface area contributed by atoms with Gasteiger partial charge in [0.2, 0.25) is 5.91 Å². The summed E-state index contributed by atoms with van der Waals surface area (Å²) < 4.78 is 0. The van der Waals surface area contributed by atoms with Crippen molar-refractivity contribution in [2.75, 3.05) is 52.9 Å². The van der Waals surface area contributed by atoms with Crippen molar-refractivity contribution in [1.82, 2.24) is 20.0 Å². The van der Waals surface area contributed by atoms with Crippen molar-refractivity contribution in [1.29, 1.82) is 0 Å². The van der Waals surface area contributed by atoms with Gasteiger partial charge >= 0.3 is 0 Å². The number of nitrogens with zero attached hydrogens (tertiary/aromatic N) is 3. The van der Waals surface area contributed by atoms with Crippen LogP contribution >= 0.6 is 24.8 Å². The molecule has 0 bridgehead atoms. The maximum Gasteiger partial charge on any atom is 0.224 e. The van der Waals surface area contributed by atoms with Crippen LogP contribution in [0.3, 0.4) is 0 Å². The lowest BCUT2D eigenvalue weighted by atomic mass is 10.1. The highest BCUT2D eigenvalue weighted by Gasteiger charge is 2.24.